The van der Waals surface area contributed by atoms with E-state index in [1.54, 1.807) is 12.1 Å². The molecule has 5 nitrogen and oxygen atoms in total. The van der Waals surface area contributed by atoms with Crippen molar-refractivity contribution in [1.82, 2.24) is 4.72 Å². The van der Waals surface area contributed by atoms with Gasteiger partial charge in [0.1, 0.15) is 10.6 Å². The number of nitrogens with one attached hydrogen (secondary N) is 1. The number of phenolic OH excluding ortho intramolecular Hbond substituents is 1. The van der Waals surface area contributed by atoms with Crippen LogP contribution in [0.2, 0.25) is 0 Å². The number of sulfonamides is 1. The van der Waals surface area contributed by atoms with Gasteiger partial charge in [-0.25, -0.2) is 13.1 Å². The third-order valence-corrected chi connectivity index (χ3v) is 4.54. The molecule has 0 saturated carbocycles. The van der Waals surface area contributed by atoms with Crippen molar-refractivity contribution in [2.75, 3.05) is 13.2 Å². The maximum atomic E-state index is 12.0. The molecule has 0 bridgehead atoms. The monoisotopic (exact) mass is 271 g/mol. The molecule has 0 aromatic heterocycles. The summed E-state index contributed by atoms with van der Waals surface area (Å²) in [5, 5.41) is 9.55. The molecule has 18 heavy (non-hydrogen) atoms. The lowest BCUT2D eigenvalue weighted by molar-refractivity contribution is 0.0250. The van der Waals surface area contributed by atoms with Crippen LogP contribution in [0.5, 0.6) is 5.75 Å². The van der Waals surface area contributed by atoms with Crippen molar-refractivity contribution in [3.63, 3.8) is 0 Å². The second kappa shape index (κ2) is 4.87. The van der Waals surface area contributed by atoms with Crippen LogP contribution in [0, 0.1) is 0 Å². The molecule has 1 heterocycles. The van der Waals surface area contributed by atoms with Gasteiger partial charge in [-0.3, -0.25) is 0 Å². The fourth-order valence-electron chi connectivity index (χ4n) is 1.99. The number of ether oxygens (including phenoxy) is 1. The minimum Gasteiger partial charge on any atom is -0.507 e. The van der Waals surface area contributed by atoms with Crippen molar-refractivity contribution >= 4 is 10.0 Å². The summed E-state index contributed by atoms with van der Waals surface area (Å²) < 4.78 is 32.0. The van der Waals surface area contributed by atoms with Gasteiger partial charge < -0.3 is 9.84 Å². The summed E-state index contributed by atoms with van der Waals surface area (Å²) in [5.74, 6) is -0.248. The second-order valence-electron chi connectivity index (χ2n) is 4.69. The van der Waals surface area contributed by atoms with E-state index in [2.05, 4.69) is 4.72 Å². The quantitative estimate of drug-likeness (QED) is 0.864. The van der Waals surface area contributed by atoms with Crippen molar-refractivity contribution < 1.29 is 18.3 Å². The van der Waals surface area contributed by atoms with Crippen molar-refractivity contribution in [1.29, 1.82) is 0 Å². The Labute approximate surface area is 107 Å². The van der Waals surface area contributed by atoms with Gasteiger partial charge in [0.05, 0.1) is 5.60 Å². The first kappa shape index (κ1) is 13.3. The van der Waals surface area contributed by atoms with Crippen LogP contribution in [0.1, 0.15) is 19.8 Å². The summed E-state index contributed by atoms with van der Waals surface area (Å²) in [6, 6.07) is 5.87. The number of hydrogen-bond acceptors (Lipinski definition) is 4. The van der Waals surface area contributed by atoms with E-state index in [9.17, 15) is 13.5 Å². The summed E-state index contributed by atoms with van der Waals surface area (Å²) in [6.07, 6.45) is 1.77. The Morgan fingerprint density at radius 3 is 2.78 bits per heavy atom. The standard InChI is InChI=1S/C12H17NO4S/c1-12(7-4-8-17-12)9-13-18(15,16)11-6-3-2-5-10(11)14/h2-3,5-6,13-14H,4,7-9H2,1H3. The fraction of sp³-hybridized carbons (Fsp3) is 0.500. The second-order valence-corrected chi connectivity index (χ2v) is 6.43. The predicted octanol–water partition coefficient (Wildman–Crippen LogP) is 1.24. The van der Waals surface area contributed by atoms with Crippen LogP contribution < -0.4 is 4.72 Å². The maximum Gasteiger partial charge on any atom is 0.244 e. The molecule has 0 spiro atoms. The van der Waals surface area contributed by atoms with Crippen LogP contribution in [0.25, 0.3) is 0 Å². The highest BCUT2D eigenvalue weighted by molar-refractivity contribution is 7.89. The Hall–Kier alpha value is -1.11. The minimum atomic E-state index is -3.70. The highest BCUT2D eigenvalue weighted by Crippen LogP contribution is 2.26. The Bertz CT molecular complexity index is 521. The number of benzene rings is 1. The number of hydrogen-bond donors (Lipinski definition) is 2. The lowest BCUT2D eigenvalue weighted by Gasteiger charge is -2.23. The van der Waals surface area contributed by atoms with Gasteiger partial charge in [0.15, 0.2) is 0 Å². The van der Waals surface area contributed by atoms with Crippen molar-refractivity contribution in [3.8, 4) is 5.75 Å². The zero-order chi connectivity index (χ0) is 13.2. The molecule has 1 unspecified atom stereocenters. The summed E-state index contributed by atoms with van der Waals surface area (Å²) in [6.45, 7) is 2.76. The molecule has 6 heteroatoms. The Morgan fingerprint density at radius 2 is 2.17 bits per heavy atom. The van der Waals surface area contributed by atoms with Gasteiger partial charge in [-0.05, 0) is 31.9 Å². The first-order valence-corrected chi connectivity index (χ1v) is 7.33. The molecule has 100 valence electrons. The maximum absolute atomic E-state index is 12.0. The molecule has 2 rings (SSSR count). The fourth-order valence-corrected chi connectivity index (χ4v) is 3.24. The lowest BCUT2D eigenvalue weighted by Crippen LogP contribution is -2.40. The van der Waals surface area contributed by atoms with Crippen LogP contribution in [0.4, 0.5) is 0 Å². The van der Waals surface area contributed by atoms with Gasteiger partial charge >= 0.3 is 0 Å². The van der Waals surface area contributed by atoms with Gasteiger partial charge in [-0.15, -0.1) is 0 Å². The van der Waals surface area contributed by atoms with Crippen LogP contribution in [-0.4, -0.2) is 32.3 Å². The molecule has 0 amide bonds. The van der Waals surface area contributed by atoms with Crippen LogP contribution in [0.3, 0.4) is 0 Å². The van der Waals surface area contributed by atoms with E-state index in [0.29, 0.717) is 6.61 Å². The number of aromatic hydroxyl groups is 1. The van der Waals surface area contributed by atoms with E-state index < -0.39 is 15.6 Å². The van der Waals surface area contributed by atoms with Crippen LogP contribution >= 0.6 is 0 Å². The topological polar surface area (TPSA) is 75.6 Å². The van der Waals surface area contributed by atoms with E-state index in [1.165, 1.54) is 12.1 Å². The third kappa shape index (κ3) is 2.82. The average Bonchev–Trinajstić information content (AvgIpc) is 2.75. The molecule has 0 aliphatic carbocycles. The first-order valence-electron chi connectivity index (χ1n) is 5.85. The smallest absolute Gasteiger partial charge is 0.244 e. The summed E-state index contributed by atoms with van der Waals surface area (Å²) >= 11 is 0. The van der Waals surface area contributed by atoms with Gasteiger partial charge in [0.25, 0.3) is 0 Å². The van der Waals surface area contributed by atoms with Crippen LogP contribution in [-0.2, 0) is 14.8 Å². The predicted molar refractivity (Wildman–Crippen MR) is 66.9 cm³/mol. The molecular formula is C12H17NO4S. The molecule has 0 radical (unpaired) electrons. The molecule has 1 aliphatic heterocycles. The summed E-state index contributed by atoms with van der Waals surface area (Å²) in [7, 11) is -3.70. The number of rotatable bonds is 4. The molecule has 1 aromatic carbocycles. The Balaban J connectivity index is 2.11. The molecular weight excluding hydrogens is 254 g/mol. The Morgan fingerprint density at radius 1 is 1.44 bits per heavy atom. The highest BCUT2D eigenvalue weighted by Gasteiger charge is 2.31. The molecule has 1 atom stereocenters. The zero-order valence-corrected chi connectivity index (χ0v) is 11.0. The summed E-state index contributed by atoms with van der Waals surface area (Å²) in [5.41, 5.74) is -0.447. The molecule has 1 saturated heterocycles. The van der Waals surface area contributed by atoms with Gasteiger partial charge in [-0.2, -0.15) is 0 Å². The molecule has 1 fully saturated rings. The third-order valence-electron chi connectivity index (χ3n) is 3.09. The van der Waals surface area contributed by atoms with E-state index in [4.69, 9.17) is 4.74 Å². The number of phenols is 1. The largest absolute Gasteiger partial charge is 0.507 e. The Kier molecular flexibility index (Phi) is 3.61. The van der Waals surface area contributed by atoms with Gasteiger partial charge in [0, 0.05) is 13.2 Å². The average molecular weight is 271 g/mol. The van der Waals surface area contributed by atoms with Gasteiger partial charge in [0.2, 0.25) is 10.0 Å². The van der Waals surface area contributed by atoms with E-state index in [1.807, 2.05) is 6.92 Å². The van der Waals surface area contributed by atoms with E-state index in [0.717, 1.165) is 12.8 Å². The van der Waals surface area contributed by atoms with Crippen molar-refractivity contribution in [2.45, 2.75) is 30.3 Å². The zero-order valence-electron chi connectivity index (χ0n) is 10.2. The van der Waals surface area contributed by atoms with Crippen LogP contribution in [0.15, 0.2) is 29.2 Å². The molecule has 2 N–H and O–H groups in total. The van der Waals surface area contributed by atoms with Crippen molar-refractivity contribution in [2.24, 2.45) is 0 Å². The van der Waals surface area contributed by atoms with E-state index in [-0.39, 0.29) is 17.2 Å². The molecule has 1 aromatic rings. The normalized spacial score (nSPS) is 24.3. The highest BCUT2D eigenvalue weighted by atomic mass is 32.2. The minimum absolute atomic E-state index is 0.105. The van der Waals surface area contributed by atoms with Crippen molar-refractivity contribution in [3.05, 3.63) is 24.3 Å². The SMILES string of the molecule is CC1(CNS(=O)(=O)c2ccccc2O)CCCO1. The summed E-state index contributed by atoms with van der Waals surface area (Å²) in [4.78, 5) is -0.105. The first-order chi connectivity index (χ1) is 8.43. The lowest BCUT2D eigenvalue weighted by atomic mass is 10.0. The van der Waals surface area contributed by atoms with Gasteiger partial charge in [-0.1, -0.05) is 12.1 Å². The number of para-hydroxylation sites is 1. The molecule has 1 aliphatic rings. The van der Waals surface area contributed by atoms with E-state index >= 15 is 0 Å².